The van der Waals surface area contributed by atoms with Gasteiger partial charge >= 0.3 is 5.97 Å². The second kappa shape index (κ2) is 4.33. The number of aryl methyl sites for hydroxylation is 1. The van der Waals surface area contributed by atoms with Crippen molar-refractivity contribution in [1.29, 1.82) is 0 Å². The molecule has 0 aliphatic carbocycles. The molecule has 2 N–H and O–H groups in total. The van der Waals surface area contributed by atoms with E-state index in [0.717, 1.165) is 5.56 Å². The molecule has 1 aromatic carbocycles. The summed E-state index contributed by atoms with van der Waals surface area (Å²) >= 11 is 5.77. The van der Waals surface area contributed by atoms with E-state index >= 15 is 0 Å². The minimum Gasteiger partial charge on any atom is -0.462 e. The van der Waals surface area contributed by atoms with E-state index < -0.39 is 5.97 Å². The Morgan fingerprint density at radius 1 is 1.57 bits per heavy atom. The average Bonchev–Trinajstić information content (AvgIpc) is 2.01. The highest BCUT2D eigenvalue weighted by Gasteiger charge is 2.14. The quantitative estimate of drug-likeness (QED) is 0.606. The number of nitrogens with two attached hydrogens (primary N) is 1. The molecular weight excluding hydrogens is 202 g/mol. The molecule has 14 heavy (non-hydrogen) atoms. The van der Waals surface area contributed by atoms with Crippen molar-refractivity contribution in [2.24, 2.45) is 0 Å². The monoisotopic (exact) mass is 213 g/mol. The van der Waals surface area contributed by atoms with Crippen molar-refractivity contribution in [2.45, 2.75) is 13.8 Å². The Balaban J connectivity index is 3.14. The zero-order chi connectivity index (χ0) is 10.7. The van der Waals surface area contributed by atoms with E-state index in [9.17, 15) is 4.79 Å². The number of halogens is 1. The van der Waals surface area contributed by atoms with Gasteiger partial charge in [0.05, 0.1) is 12.2 Å². The topological polar surface area (TPSA) is 52.3 Å². The van der Waals surface area contributed by atoms with Gasteiger partial charge in [-0.25, -0.2) is 4.79 Å². The first-order valence-corrected chi connectivity index (χ1v) is 4.66. The summed E-state index contributed by atoms with van der Waals surface area (Å²) in [6.45, 7) is 3.86. The van der Waals surface area contributed by atoms with Crippen LogP contribution in [0, 0.1) is 6.92 Å². The Morgan fingerprint density at radius 3 is 2.71 bits per heavy atom. The van der Waals surface area contributed by atoms with E-state index in [4.69, 9.17) is 22.1 Å². The number of carbonyl (C=O) groups excluding carboxylic acids is 1. The van der Waals surface area contributed by atoms with Crippen molar-refractivity contribution in [1.82, 2.24) is 0 Å². The molecule has 0 fully saturated rings. The molecule has 0 aliphatic heterocycles. The van der Waals surface area contributed by atoms with Gasteiger partial charge in [-0.2, -0.15) is 0 Å². The number of carbonyl (C=O) groups is 1. The van der Waals surface area contributed by atoms with Gasteiger partial charge in [-0.15, -0.1) is 0 Å². The van der Waals surface area contributed by atoms with Crippen molar-refractivity contribution < 1.29 is 9.53 Å². The van der Waals surface area contributed by atoms with Gasteiger partial charge in [0.25, 0.3) is 0 Å². The summed E-state index contributed by atoms with van der Waals surface area (Å²) in [7, 11) is 0. The van der Waals surface area contributed by atoms with Gasteiger partial charge in [-0.05, 0) is 31.5 Å². The fourth-order valence-corrected chi connectivity index (χ4v) is 1.53. The third kappa shape index (κ3) is 2.17. The summed E-state index contributed by atoms with van der Waals surface area (Å²) in [5.41, 5.74) is 7.15. The van der Waals surface area contributed by atoms with Crippen molar-refractivity contribution in [2.75, 3.05) is 12.3 Å². The summed E-state index contributed by atoms with van der Waals surface area (Å²) in [6, 6.07) is 3.23. The number of anilines is 1. The third-order valence-corrected chi connectivity index (χ3v) is 2.03. The van der Waals surface area contributed by atoms with Crippen molar-refractivity contribution in [3.8, 4) is 0 Å². The first-order chi connectivity index (χ1) is 6.56. The maximum absolute atomic E-state index is 11.5. The minimum absolute atomic E-state index is 0.334. The van der Waals surface area contributed by atoms with Crippen LogP contribution < -0.4 is 5.73 Å². The van der Waals surface area contributed by atoms with E-state index in [1.807, 2.05) is 0 Å². The van der Waals surface area contributed by atoms with Crippen molar-refractivity contribution >= 4 is 23.3 Å². The van der Waals surface area contributed by atoms with Gasteiger partial charge in [-0.3, -0.25) is 0 Å². The van der Waals surface area contributed by atoms with Crippen LogP contribution >= 0.6 is 11.6 Å². The molecule has 0 aromatic heterocycles. The molecule has 0 atom stereocenters. The lowest BCUT2D eigenvalue weighted by atomic mass is 10.1. The van der Waals surface area contributed by atoms with Crippen LogP contribution in [0.15, 0.2) is 12.1 Å². The predicted octanol–water partition coefficient (Wildman–Crippen LogP) is 2.41. The average molecular weight is 214 g/mol. The molecule has 0 amide bonds. The summed E-state index contributed by atoms with van der Waals surface area (Å²) < 4.78 is 4.87. The smallest absolute Gasteiger partial charge is 0.340 e. The number of esters is 1. The number of ether oxygens (including phenoxy) is 1. The van der Waals surface area contributed by atoms with Gasteiger partial charge in [0.2, 0.25) is 0 Å². The van der Waals surface area contributed by atoms with E-state index in [-0.39, 0.29) is 0 Å². The standard InChI is InChI=1S/C10H12ClNO2/c1-3-14-10(13)9-6(2)4-7(11)5-8(9)12/h4-5H,3,12H2,1-2H3. The zero-order valence-corrected chi connectivity index (χ0v) is 8.89. The van der Waals surface area contributed by atoms with Crippen LogP contribution in [-0.2, 0) is 4.74 Å². The Kier molecular flexibility index (Phi) is 3.36. The highest BCUT2D eigenvalue weighted by Crippen LogP contribution is 2.23. The highest BCUT2D eigenvalue weighted by atomic mass is 35.5. The lowest BCUT2D eigenvalue weighted by Gasteiger charge is -2.08. The summed E-state index contributed by atoms with van der Waals surface area (Å²) in [6.07, 6.45) is 0. The zero-order valence-electron chi connectivity index (χ0n) is 8.13. The van der Waals surface area contributed by atoms with Crippen LogP contribution in [0.25, 0.3) is 0 Å². The molecule has 0 bridgehead atoms. The fourth-order valence-electron chi connectivity index (χ4n) is 1.25. The van der Waals surface area contributed by atoms with E-state index in [2.05, 4.69) is 0 Å². The number of nitrogen functional groups attached to an aromatic ring is 1. The molecule has 4 heteroatoms. The molecule has 0 aliphatic rings. The van der Waals surface area contributed by atoms with Crippen LogP contribution in [0.1, 0.15) is 22.8 Å². The van der Waals surface area contributed by atoms with Gasteiger partial charge in [0.1, 0.15) is 0 Å². The summed E-state index contributed by atoms with van der Waals surface area (Å²) in [5.74, 6) is -0.404. The van der Waals surface area contributed by atoms with E-state index in [0.29, 0.717) is 22.9 Å². The molecule has 0 unspecified atom stereocenters. The SMILES string of the molecule is CCOC(=O)c1c(C)cc(Cl)cc1N. The van der Waals surface area contributed by atoms with Crippen LogP contribution in [0.2, 0.25) is 5.02 Å². The van der Waals surface area contributed by atoms with Crippen LogP contribution in [0.4, 0.5) is 5.69 Å². The molecule has 1 rings (SSSR count). The molecule has 0 heterocycles. The van der Waals surface area contributed by atoms with Crippen LogP contribution in [0.5, 0.6) is 0 Å². The lowest BCUT2D eigenvalue weighted by molar-refractivity contribution is 0.0527. The summed E-state index contributed by atoms with van der Waals surface area (Å²) in [4.78, 5) is 11.5. The number of rotatable bonds is 2. The largest absolute Gasteiger partial charge is 0.462 e. The molecule has 0 saturated heterocycles. The van der Waals surface area contributed by atoms with Gasteiger partial charge < -0.3 is 10.5 Å². The first-order valence-electron chi connectivity index (χ1n) is 4.29. The Labute approximate surface area is 87.8 Å². The number of hydrogen-bond donors (Lipinski definition) is 1. The molecule has 3 nitrogen and oxygen atoms in total. The molecule has 0 saturated carbocycles. The summed E-state index contributed by atoms with van der Waals surface area (Å²) in [5, 5.41) is 0.521. The Bertz CT molecular complexity index is 340. The van der Waals surface area contributed by atoms with E-state index in [1.54, 1.807) is 26.0 Å². The second-order valence-corrected chi connectivity index (χ2v) is 3.34. The Morgan fingerprint density at radius 2 is 2.21 bits per heavy atom. The van der Waals surface area contributed by atoms with Crippen LogP contribution in [0.3, 0.4) is 0 Å². The first kappa shape index (κ1) is 10.9. The third-order valence-electron chi connectivity index (χ3n) is 1.81. The highest BCUT2D eigenvalue weighted by molar-refractivity contribution is 6.31. The van der Waals surface area contributed by atoms with Gasteiger partial charge in [0, 0.05) is 10.7 Å². The number of benzene rings is 1. The molecular formula is C10H12ClNO2. The van der Waals surface area contributed by atoms with Gasteiger partial charge in [-0.1, -0.05) is 11.6 Å². The second-order valence-electron chi connectivity index (χ2n) is 2.91. The minimum atomic E-state index is -0.404. The lowest BCUT2D eigenvalue weighted by Crippen LogP contribution is -2.10. The predicted molar refractivity (Wildman–Crippen MR) is 56.6 cm³/mol. The number of hydrogen-bond acceptors (Lipinski definition) is 3. The maximum Gasteiger partial charge on any atom is 0.340 e. The molecule has 1 aromatic rings. The normalized spacial score (nSPS) is 9.93. The molecule has 76 valence electrons. The van der Waals surface area contributed by atoms with Gasteiger partial charge in [0.15, 0.2) is 0 Å². The Hall–Kier alpha value is -1.22. The molecule has 0 spiro atoms. The van der Waals surface area contributed by atoms with Crippen LogP contribution in [-0.4, -0.2) is 12.6 Å². The fraction of sp³-hybridized carbons (Fsp3) is 0.300. The van der Waals surface area contributed by atoms with E-state index in [1.165, 1.54) is 0 Å². The van der Waals surface area contributed by atoms with Crippen molar-refractivity contribution in [3.05, 3.63) is 28.3 Å². The maximum atomic E-state index is 11.5. The van der Waals surface area contributed by atoms with Crippen molar-refractivity contribution in [3.63, 3.8) is 0 Å². The molecule has 0 radical (unpaired) electrons.